The molecule has 0 aliphatic carbocycles. The number of amides is 1. The van der Waals surface area contributed by atoms with Gasteiger partial charge in [-0.05, 0) is 48.9 Å². The van der Waals surface area contributed by atoms with Crippen molar-refractivity contribution < 1.29 is 31.8 Å². The number of methoxy groups -OCH3 is 2. The lowest BCUT2D eigenvalue weighted by Crippen LogP contribution is -2.24. The molecule has 0 saturated carbocycles. The van der Waals surface area contributed by atoms with Crippen LogP contribution in [0.25, 0.3) is 0 Å². The third kappa shape index (κ3) is 6.35. The summed E-state index contributed by atoms with van der Waals surface area (Å²) in [6.07, 6.45) is 1.46. The van der Waals surface area contributed by atoms with E-state index in [1.807, 2.05) is 0 Å². The van der Waals surface area contributed by atoms with Crippen LogP contribution in [0.3, 0.4) is 0 Å². The number of carbonyl (C=O) groups is 1. The number of carbonyl (C=O) groups excluding carboxylic acids is 1. The lowest BCUT2D eigenvalue weighted by molar-refractivity contribution is 0.102. The predicted octanol–water partition coefficient (Wildman–Crippen LogP) is 3.35. The Kier molecular flexibility index (Phi) is 8.10. The van der Waals surface area contributed by atoms with E-state index in [0.717, 1.165) is 0 Å². The zero-order valence-corrected chi connectivity index (χ0v) is 19.4. The topological polar surface area (TPSA) is 116 Å². The van der Waals surface area contributed by atoms with Gasteiger partial charge in [0.25, 0.3) is 5.91 Å². The molecule has 0 atom stereocenters. The molecule has 176 valence electrons. The third-order valence-electron chi connectivity index (χ3n) is 4.75. The molecule has 3 aromatic rings. The molecule has 2 N–H and O–H groups in total. The Morgan fingerprint density at radius 1 is 1.03 bits per heavy atom. The van der Waals surface area contributed by atoms with E-state index in [4.69, 9.17) is 18.6 Å². The van der Waals surface area contributed by atoms with Crippen LogP contribution in [0, 0.1) is 6.92 Å². The van der Waals surface area contributed by atoms with Crippen LogP contribution in [0.15, 0.2) is 64.1 Å². The Bertz CT molecular complexity index is 1190. The number of ether oxygens (including phenoxy) is 3. The lowest BCUT2D eigenvalue weighted by atomic mass is 10.1. The molecule has 0 unspecified atom stereocenters. The summed E-state index contributed by atoms with van der Waals surface area (Å²) >= 11 is 0. The summed E-state index contributed by atoms with van der Waals surface area (Å²) in [5.74, 6) is 0.980. The number of anilines is 1. The van der Waals surface area contributed by atoms with E-state index in [1.54, 1.807) is 50.4 Å². The Balaban J connectivity index is 1.78. The van der Waals surface area contributed by atoms with Crippen LogP contribution < -0.4 is 19.5 Å². The first-order valence-corrected chi connectivity index (χ1v) is 11.6. The highest BCUT2D eigenvalue weighted by molar-refractivity contribution is 7.89. The van der Waals surface area contributed by atoms with E-state index in [2.05, 4.69) is 10.0 Å². The molecule has 1 heterocycles. The Labute approximate surface area is 192 Å². The van der Waals surface area contributed by atoms with Gasteiger partial charge in [0.05, 0.1) is 31.4 Å². The van der Waals surface area contributed by atoms with E-state index in [0.29, 0.717) is 41.7 Å². The van der Waals surface area contributed by atoms with Gasteiger partial charge < -0.3 is 23.9 Å². The largest absolute Gasteiger partial charge is 0.493 e. The lowest BCUT2D eigenvalue weighted by Gasteiger charge is -2.14. The van der Waals surface area contributed by atoms with Crippen molar-refractivity contribution >= 4 is 21.6 Å². The first-order valence-electron chi connectivity index (χ1n) is 10.1. The average Bonchev–Trinajstić information content (AvgIpc) is 3.32. The van der Waals surface area contributed by atoms with Gasteiger partial charge in [-0.1, -0.05) is 6.07 Å². The molecule has 0 aliphatic rings. The zero-order valence-electron chi connectivity index (χ0n) is 18.6. The maximum Gasteiger partial charge on any atom is 0.255 e. The van der Waals surface area contributed by atoms with Crippen LogP contribution in [0.4, 0.5) is 5.69 Å². The van der Waals surface area contributed by atoms with Crippen LogP contribution >= 0.6 is 0 Å². The van der Waals surface area contributed by atoms with Gasteiger partial charge in [-0.25, -0.2) is 13.1 Å². The monoisotopic (exact) mass is 474 g/mol. The summed E-state index contributed by atoms with van der Waals surface area (Å²) in [6.45, 7) is 2.44. The van der Waals surface area contributed by atoms with Crippen molar-refractivity contribution in [3.05, 3.63) is 71.7 Å². The molecule has 0 spiro atoms. The molecule has 2 aromatic carbocycles. The number of sulfonamides is 1. The van der Waals surface area contributed by atoms with Crippen molar-refractivity contribution in [2.45, 2.75) is 18.4 Å². The zero-order chi connectivity index (χ0) is 23.8. The average molecular weight is 475 g/mol. The van der Waals surface area contributed by atoms with Crippen LogP contribution in [0.1, 0.15) is 21.7 Å². The molecular formula is C23H26N2O7S. The fourth-order valence-corrected chi connectivity index (χ4v) is 4.00. The van der Waals surface area contributed by atoms with Gasteiger partial charge in [-0.15, -0.1) is 0 Å². The molecule has 0 saturated heterocycles. The minimum Gasteiger partial charge on any atom is -0.493 e. The normalized spacial score (nSPS) is 11.2. The second kappa shape index (κ2) is 11.0. The van der Waals surface area contributed by atoms with Gasteiger partial charge in [0.2, 0.25) is 10.0 Å². The second-order valence-corrected chi connectivity index (χ2v) is 8.81. The highest BCUT2D eigenvalue weighted by Crippen LogP contribution is 2.30. The minimum absolute atomic E-state index is 0.00242. The SMILES string of the molecule is COCCOc1cc(NC(=O)c2cc(S(=O)(=O)NCc3ccco3)ccc2C)ccc1OC. The molecule has 33 heavy (non-hydrogen) atoms. The van der Waals surface area contributed by atoms with Crippen LogP contribution in [0.2, 0.25) is 0 Å². The third-order valence-corrected chi connectivity index (χ3v) is 6.15. The fourth-order valence-electron chi connectivity index (χ4n) is 2.98. The van der Waals surface area contributed by atoms with Crippen molar-refractivity contribution in [1.82, 2.24) is 4.72 Å². The number of hydrogen-bond donors (Lipinski definition) is 2. The number of rotatable bonds is 11. The maximum absolute atomic E-state index is 13.0. The van der Waals surface area contributed by atoms with E-state index >= 15 is 0 Å². The van der Waals surface area contributed by atoms with E-state index in [9.17, 15) is 13.2 Å². The summed E-state index contributed by atoms with van der Waals surface area (Å²) in [5.41, 5.74) is 1.33. The quantitative estimate of drug-likeness (QED) is 0.409. The number of benzene rings is 2. The van der Waals surface area contributed by atoms with Crippen molar-refractivity contribution in [2.75, 3.05) is 32.8 Å². The summed E-state index contributed by atoms with van der Waals surface area (Å²) in [5, 5.41) is 2.78. The summed E-state index contributed by atoms with van der Waals surface area (Å²) in [6, 6.07) is 12.7. The van der Waals surface area contributed by atoms with Crippen LogP contribution in [-0.2, 0) is 21.3 Å². The van der Waals surface area contributed by atoms with Crippen LogP contribution in [0.5, 0.6) is 11.5 Å². The van der Waals surface area contributed by atoms with Gasteiger partial charge in [0.1, 0.15) is 12.4 Å². The van der Waals surface area contributed by atoms with Gasteiger partial charge in [0.15, 0.2) is 11.5 Å². The molecular weight excluding hydrogens is 448 g/mol. The predicted molar refractivity (Wildman–Crippen MR) is 122 cm³/mol. The highest BCUT2D eigenvalue weighted by Gasteiger charge is 2.19. The van der Waals surface area contributed by atoms with E-state index < -0.39 is 15.9 Å². The highest BCUT2D eigenvalue weighted by atomic mass is 32.2. The molecule has 1 amide bonds. The molecule has 9 nitrogen and oxygen atoms in total. The van der Waals surface area contributed by atoms with Crippen molar-refractivity contribution in [1.29, 1.82) is 0 Å². The van der Waals surface area contributed by atoms with Gasteiger partial charge in [-0.3, -0.25) is 4.79 Å². The Morgan fingerprint density at radius 3 is 2.55 bits per heavy atom. The maximum atomic E-state index is 13.0. The molecule has 0 radical (unpaired) electrons. The summed E-state index contributed by atoms with van der Waals surface area (Å²) in [4.78, 5) is 12.9. The molecule has 1 aromatic heterocycles. The standard InChI is InChI=1S/C23H26N2O7S/c1-16-6-8-19(33(27,28)24-15-18-5-4-10-31-18)14-20(16)23(26)25-17-7-9-21(30-3)22(13-17)32-12-11-29-2/h4-10,13-14,24H,11-12,15H2,1-3H3,(H,25,26). The van der Waals surface area contributed by atoms with Crippen molar-refractivity contribution in [3.8, 4) is 11.5 Å². The Morgan fingerprint density at radius 2 is 1.85 bits per heavy atom. The molecule has 3 rings (SSSR count). The minimum atomic E-state index is -3.85. The Hall–Kier alpha value is -3.34. The smallest absolute Gasteiger partial charge is 0.255 e. The first kappa shape index (κ1) is 24.3. The number of hydrogen-bond acceptors (Lipinski definition) is 7. The van der Waals surface area contributed by atoms with E-state index in [1.165, 1.54) is 25.5 Å². The van der Waals surface area contributed by atoms with E-state index in [-0.39, 0.29) is 17.0 Å². The fraction of sp³-hybridized carbons (Fsp3) is 0.261. The molecule has 0 aliphatic heterocycles. The van der Waals surface area contributed by atoms with Gasteiger partial charge >= 0.3 is 0 Å². The van der Waals surface area contributed by atoms with Crippen molar-refractivity contribution in [2.24, 2.45) is 0 Å². The number of furan rings is 1. The number of nitrogens with one attached hydrogen (secondary N) is 2. The molecule has 10 heteroatoms. The van der Waals surface area contributed by atoms with Crippen molar-refractivity contribution in [3.63, 3.8) is 0 Å². The molecule has 0 fully saturated rings. The summed E-state index contributed by atoms with van der Waals surface area (Å²) in [7, 11) is -0.759. The summed E-state index contributed by atoms with van der Waals surface area (Å²) < 4.78 is 48.9. The first-order chi connectivity index (χ1) is 15.8. The van der Waals surface area contributed by atoms with Crippen LogP contribution in [-0.4, -0.2) is 41.8 Å². The number of aryl methyl sites for hydroxylation is 1. The molecule has 0 bridgehead atoms. The second-order valence-electron chi connectivity index (χ2n) is 7.04. The van der Waals surface area contributed by atoms with Gasteiger partial charge in [0, 0.05) is 24.4 Å². The van der Waals surface area contributed by atoms with Gasteiger partial charge in [-0.2, -0.15) is 0 Å².